The summed E-state index contributed by atoms with van der Waals surface area (Å²) >= 11 is 0. The summed E-state index contributed by atoms with van der Waals surface area (Å²) < 4.78 is 30.7. The largest absolute Gasteiger partial charge is 0.379 e. The minimum atomic E-state index is -1.29. The Morgan fingerprint density at radius 3 is 2.10 bits per heavy atom. The SMILES string of the molecule is CC.CCC(CC)C(=O)NCC(F)C(C)(C)OCCOCCNCCOCCN.[HH].[HH].[HH]. The van der Waals surface area contributed by atoms with E-state index in [9.17, 15) is 9.18 Å². The first-order chi connectivity index (χ1) is 13.9. The molecule has 0 fully saturated rings. The molecule has 182 valence electrons. The van der Waals surface area contributed by atoms with Crippen LogP contribution >= 0.6 is 0 Å². The van der Waals surface area contributed by atoms with Crippen molar-refractivity contribution >= 4 is 5.91 Å². The number of hydrogen-bond donors (Lipinski definition) is 3. The van der Waals surface area contributed by atoms with Gasteiger partial charge < -0.3 is 30.6 Å². The molecule has 1 atom stereocenters. The third kappa shape index (κ3) is 16.7. The van der Waals surface area contributed by atoms with Gasteiger partial charge in [0.25, 0.3) is 0 Å². The van der Waals surface area contributed by atoms with E-state index in [2.05, 4.69) is 10.6 Å². The van der Waals surface area contributed by atoms with E-state index in [1.165, 1.54) is 0 Å². The molecule has 0 saturated heterocycles. The van der Waals surface area contributed by atoms with Crippen molar-refractivity contribution in [3.8, 4) is 0 Å². The highest BCUT2D eigenvalue weighted by atomic mass is 19.1. The molecule has 29 heavy (non-hydrogen) atoms. The summed E-state index contributed by atoms with van der Waals surface area (Å²) in [5, 5.41) is 5.87. The van der Waals surface area contributed by atoms with Crippen molar-refractivity contribution < 1.29 is 27.7 Å². The van der Waals surface area contributed by atoms with Gasteiger partial charge >= 0.3 is 0 Å². The average Bonchev–Trinajstić information content (AvgIpc) is 2.72. The first-order valence-corrected chi connectivity index (χ1v) is 11.0. The third-order valence-electron chi connectivity index (χ3n) is 4.38. The van der Waals surface area contributed by atoms with Gasteiger partial charge in [0, 0.05) is 29.8 Å². The van der Waals surface area contributed by atoms with Gasteiger partial charge in [-0.15, -0.1) is 0 Å². The Morgan fingerprint density at radius 1 is 1.03 bits per heavy atom. The van der Waals surface area contributed by atoms with Crippen molar-refractivity contribution in [3.63, 3.8) is 0 Å². The van der Waals surface area contributed by atoms with Crippen LogP contribution in [-0.2, 0) is 19.0 Å². The van der Waals surface area contributed by atoms with Gasteiger partial charge in [-0.3, -0.25) is 4.79 Å². The highest BCUT2D eigenvalue weighted by Crippen LogP contribution is 2.18. The van der Waals surface area contributed by atoms with E-state index in [1.54, 1.807) is 13.8 Å². The number of rotatable bonds is 18. The van der Waals surface area contributed by atoms with Crippen LogP contribution in [0.4, 0.5) is 4.39 Å². The maximum Gasteiger partial charge on any atom is 0.223 e. The molecule has 7 nitrogen and oxygen atoms in total. The Morgan fingerprint density at radius 2 is 1.59 bits per heavy atom. The average molecular weight is 430 g/mol. The maximum absolute atomic E-state index is 14.4. The van der Waals surface area contributed by atoms with Gasteiger partial charge in [0.2, 0.25) is 5.91 Å². The molecule has 1 amide bonds. The van der Waals surface area contributed by atoms with Crippen LogP contribution in [0.3, 0.4) is 0 Å². The number of alkyl halides is 1. The first-order valence-electron chi connectivity index (χ1n) is 11.0. The summed E-state index contributed by atoms with van der Waals surface area (Å²) in [4.78, 5) is 11.9. The molecule has 0 aliphatic heterocycles. The van der Waals surface area contributed by atoms with E-state index in [4.69, 9.17) is 19.9 Å². The Hall–Kier alpha value is -0.800. The number of hydrogen-bond acceptors (Lipinski definition) is 6. The zero-order valence-electron chi connectivity index (χ0n) is 19.5. The third-order valence-corrected chi connectivity index (χ3v) is 4.38. The second kappa shape index (κ2) is 20.5. The zero-order chi connectivity index (χ0) is 22.5. The molecule has 0 spiro atoms. The van der Waals surface area contributed by atoms with Gasteiger partial charge in [0.15, 0.2) is 0 Å². The zero-order valence-corrected chi connectivity index (χ0v) is 19.5. The van der Waals surface area contributed by atoms with Crippen LogP contribution in [-0.4, -0.2) is 76.9 Å². The van der Waals surface area contributed by atoms with Crippen LogP contribution in [0.15, 0.2) is 0 Å². The van der Waals surface area contributed by atoms with Crippen LogP contribution in [0.25, 0.3) is 0 Å². The topological polar surface area (TPSA) is 94.8 Å². The fraction of sp³-hybridized carbons (Fsp3) is 0.952. The van der Waals surface area contributed by atoms with E-state index in [0.29, 0.717) is 46.1 Å². The number of ether oxygens (including phenoxy) is 3. The molecular weight excluding hydrogens is 377 g/mol. The van der Waals surface area contributed by atoms with Gasteiger partial charge in [-0.2, -0.15) is 0 Å². The second-order valence-electron chi connectivity index (χ2n) is 6.94. The molecule has 0 aliphatic carbocycles. The molecule has 4 N–H and O–H groups in total. The summed E-state index contributed by atoms with van der Waals surface area (Å²) in [7, 11) is 0. The lowest BCUT2D eigenvalue weighted by Gasteiger charge is -2.29. The highest BCUT2D eigenvalue weighted by Gasteiger charge is 2.31. The number of nitrogens with one attached hydrogen (secondary N) is 2. The van der Waals surface area contributed by atoms with Gasteiger partial charge in [0.1, 0.15) is 6.17 Å². The van der Waals surface area contributed by atoms with Crippen molar-refractivity contribution in [2.45, 2.75) is 66.2 Å². The van der Waals surface area contributed by atoms with E-state index in [1.807, 2.05) is 27.7 Å². The smallest absolute Gasteiger partial charge is 0.223 e. The van der Waals surface area contributed by atoms with E-state index >= 15 is 0 Å². The summed E-state index contributed by atoms with van der Waals surface area (Å²) in [6.45, 7) is 15.7. The Labute approximate surface area is 182 Å². The summed E-state index contributed by atoms with van der Waals surface area (Å²) in [6, 6.07) is 0. The van der Waals surface area contributed by atoms with E-state index < -0.39 is 11.8 Å². The first kappa shape index (κ1) is 30.4. The van der Waals surface area contributed by atoms with Gasteiger partial charge in [-0.1, -0.05) is 27.7 Å². The number of carbonyl (C=O) groups is 1. The molecule has 8 heteroatoms. The predicted molar refractivity (Wildman–Crippen MR) is 123 cm³/mol. The standard InChI is InChI=1S/C19H40FN3O4.C2H6.3H2/c1-5-16(6-2)18(24)23-15-17(20)19(3,4)27-14-13-26-12-9-22-8-11-25-10-7-21;1-2;;;/h16-17,22H,5-15,21H2,1-4H3,(H,23,24);1-2H3;3*1H. The lowest BCUT2D eigenvalue weighted by molar-refractivity contribution is -0.126. The van der Waals surface area contributed by atoms with Crippen molar-refractivity contribution in [2.75, 3.05) is 59.2 Å². The molecule has 1 unspecified atom stereocenters. The van der Waals surface area contributed by atoms with E-state index in [-0.39, 0.29) is 22.6 Å². The van der Waals surface area contributed by atoms with Gasteiger partial charge in [-0.05, 0) is 26.7 Å². The molecular formula is C21H52FN3O4. The molecule has 0 bridgehead atoms. The minimum Gasteiger partial charge on any atom is -0.379 e. The van der Waals surface area contributed by atoms with Crippen molar-refractivity contribution in [2.24, 2.45) is 11.7 Å². The molecule has 0 aromatic carbocycles. The molecule has 0 aromatic heterocycles. The fourth-order valence-electron chi connectivity index (χ4n) is 2.39. The Kier molecular flexibility index (Phi) is 21.5. The number of amides is 1. The lowest BCUT2D eigenvalue weighted by atomic mass is 10.0. The van der Waals surface area contributed by atoms with Crippen molar-refractivity contribution in [1.29, 1.82) is 0 Å². The number of nitrogens with two attached hydrogens (primary N) is 1. The quantitative estimate of drug-likeness (QED) is 0.290. The molecule has 0 saturated carbocycles. The van der Waals surface area contributed by atoms with Gasteiger partial charge in [-0.25, -0.2) is 4.39 Å². The summed E-state index contributed by atoms with van der Waals surface area (Å²) in [5.74, 6) is -0.154. The molecule has 0 heterocycles. The van der Waals surface area contributed by atoms with Crippen LogP contribution in [0.1, 0.15) is 58.7 Å². The van der Waals surface area contributed by atoms with E-state index in [0.717, 1.165) is 19.4 Å². The minimum absolute atomic E-state index is 0. The summed E-state index contributed by atoms with van der Waals surface area (Å²) in [6.07, 6.45) is 0.226. The van der Waals surface area contributed by atoms with Gasteiger partial charge in [0.05, 0.1) is 45.2 Å². The lowest BCUT2D eigenvalue weighted by Crippen LogP contribution is -2.45. The normalized spacial score (nSPS) is 12.4. The molecule has 0 aliphatic rings. The van der Waals surface area contributed by atoms with Crippen LogP contribution < -0.4 is 16.4 Å². The Bertz CT molecular complexity index is 384. The van der Waals surface area contributed by atoms with Crippen LogP contribution in [0.2, 0.25) is 0 Å². The summed E-state index contributed by atoms with van der Waals surface area (Å²) in [5.41, 5.74) is 4.34. The molecule has 0 aromatic rings. The predicted octanol–water partition coefficient (Wildman–Crippen LogP) is 3.02. The molecule has 0 rings (SSSR count). The monoisotopic (exact) mass is 429 g/mol. The van der Waals surface area contributed by atoms with Crippen LogP contribution in [0.5, 0.6) is 0 Å². The second-order valence-corrected chi connectivity index (χ2v) is 6.94. The fourth-order valence-corrected chi connectivity index (χ4v) is 2.39. The maximum atomic E-state index is 14.4. The number of carbonyl (C=O) groups excluding carboxylic acids is 1. The Balaban J connectivity index is -0.000000471. The van der Waals surface area contributed by atoms with Crippen LogP contribution in [0, 0.1) is 5.92 Å². The van der Waals surface area contributed by atoms with Crippen molar-refractivity contribution in [3.05, 3.63) is 0 Å². The highest BCUT2D eigenvalue weighted by molar-refractivity contribution is 5.78. The number of halogens is 1. The van der Waals surface area contributed by atoms with Crippen molar-refractivity contribution in [1.82, 2.24) is 10.6 Å². The molecule has 0 radical (unpaired) electrons.